The van der Waals surface area contributed by atoms with Gasteiger partial charge in [-0.1, -0.05) is 11.6 Å². The molecule has 0 fully saturated rings. The van der Waals surface area contributed by atoms with Crippen LogP contribution in [0.15, 0.2) is 24.3 Å². The summed E-state index contributed by atoms with van der Waals surface area (Å²) in [5.74, 6) is 0.757. The molecule has 2 aromatic rings. The van der Waals surface area contributed by atoms with Crippen molar-refractivity contribution in [3.8, 4) is 5.75 Å². The van der Waals surface area contributed by atoms with Gasteiger partial charge in [0, 0.05) is 18.6 Å². The van der Waals surface area contributed by atoms with Gasteiger partial charge in [0.15, 0.2) is 0 Å². The second kappa shape index (κ2) is 8.87. The quantitative estimate of drug-likeness (QED) is 0.731. The standard InChI is InChI=1S/C18H25ClN4O2/c1-13-18(14(2)23(4)21-13)20-17(24)12-22(3)10-5-11-25-16-8-6-15(19)7-9-16/h6-9H,5,10-12H2,1-4H3,(H,20,24). The summed E-state index contributed by atoms with van der Waals surface area (Å²) in [5, 5.41) is 7.94. The highest BCUT2D eigenvalue weighted by Gasteiger charge is 2.13. The third-order valence-electron chi connectivity index (χ3n) is 3.95. The van der Waals surface area contributed by atoms with Crippen molar-refractivity contribution in [1.82, 2.24) is 14.7 Å². The number of ether oxygens (including phenoxy) is 1. The Morgan fingerprint density at radius 2 is 2.00 bits per heavy atom. The van der Waals surface area contributed by atoms with Crippen molar-refractivity contribution in [3.05, 3.63) is 40.7 Å². The average molecular weight is 365 g/mol. The SMILES string of the molecule is Cc1nn(C)c(C)c1NC(=O)CN(C)CCCOc1ccc(Cl)cc1. The summed E-state index contributed by atoms with van der Waals surface area (Å²) in [6, 6.07) is 7.29. The maximum absolute atomic E-state index is 12.2. The number of hydrogen-bond acceptors (Lipinski definition) is 4. The van der Waals surface area contributed by atoms with Crippen LogP contribution in [0.5, 0.6) is 5.75 Å². The first-order chi connectivity index (χ1) is 11.9. The Bertz CT molecular complexity index is 713. The van der Waals surface area contributed by atoms with E-state index in [-0.39, 0.29) is 5.91 Å². The molecule has 1 heterocycles. The fourth-order valence-corrected chi connectivity index (χ4v) is 2.64. The van der Waals surface area contributed by atoms with E-state index in [2.05, 4.69) is 10.4 Å². The highest BCUT2D eigenvalue weighted by Crippen LogP contribution is 2.18. The predicted molar refractivity (Wildman–Crippen MR) is 100 cm³/mol. The topological polar surface area (TPSA) is 59.4 Å². The Balaban J connectivity index is 1.69. The lowest BCUT2D eigenvalue weighted by Gasteiger charge is -2.16. The largest absolute Gasteiger partial charge is 0.494 e. The van der Waals surface area contributed by atoms with Crippen molar-refractivity contribution < 1.29 is 9.53 Å². The van der Waals surface area contributed by atoms with Crippen LogP contribution in [0.2, 0.25) is 5.02 Å². The molecular weight excluding hydrogens is 340 g/mol. The molecule has 25 heavy (non-hydrogen) atoms. The summed E-state index contributed by atoms with van der Waals surface area (Å²) >= 11 is 5.84. The van der Waals surface area contributed by atoms with Crippen LogP contribution in [0.3, 0.4) is 0 Å². The Kier molecular flexibility index (Phi) is 6.84. The number of carbonyl (C=O) groups is 1. The fourth-order valence-electron chi connectivity index (χ4n) is 2.51. The van der Waals surface area contributed by atoms with E-state index in [9.17, 15) is 4.79 Å². The molecule has 0 spiro atoms. The third kappa shape index (κ3) is 5.76. The summed E-state index contributed by atoms with van der Waals surface area (Å²) in [4.78, 5) is 14.2. The van der Waals surface area contributed by atoms with Gasteiger partial charge in [-0.05, 0) is 51.6 Å². The zero-order chi connectivity index (χ0) is 18.4. The summed E-state index contributed by atoms with van der Waals surface area (Å²) in [7, 11) is 3.79. The van der Waals surface area contributed by atoms with Gasteiger partial charge in [0.25, 0.3) is 0 Å². The smallest absolute Gasteiger partial charge is 0.238 e. The van der Waals surface area contributed by atoms with Crippen molar-refractivity contribution >= 4 is 23.2 Å². The van der Waals surface area contributed by atoms with Gasteiger partial charge in [-0.15, -0.1) is 0 Å². The Hall–Kier alpha value is -2.05. The van der Waals surface area contributed by atoms with Crippen molar-refractivity contribution in [2.75, 3.05) is 32.1 Å². The molecule has 0 aliphatic carbocycles. The van der Waals surface area contributed by atoms with Crippen molar-refractivity contribution in [2.45, 2.75) is 20.3 Å². The zero-order valence-electron chi connectivity index (χ0n) is 15.2. The van der Waals surface area contributed by atoms with Gasteiger partial charge in [0.05, 0.1) is 30.2 Å². The predicted octanol–water partition coefficient (Wildman–Crippen LogP) is 3.03. The van der Waals surface area contributed by atoms with Gasteiger partial charge < -0.3 is 10.1 Å². The molecule has 1 amide bonds. The van der Waals surface area contributed by atoms with E-state index in [0.717, 1.165) is 35.8 Å². The van der Waals surface area contributed by atoms with Gasteiger partial charge in [-0.2, -0.15) is 5.10 Å². The first-order valence-electron chi connectivity index (χ1n) is 8.23. The van der Waals surface area contributed by atoms with E-state index in [1.807, 2.05) is 45.0 Å². The van der Waals surface area contributed by atoms with Gasteiger partial charge in [-0.3, -0.25) is 14.4 Å². The molecule has 0 aliphatic heterocycles. The molecule has 1 N–H and O–H groups in total. The number of nitrogens with one attached hydrogen (secondary N) is 1. The van der Waals surface area contributed by atoms with Crippen LogP contribution >= 0.6 is 11.6 Å². The van der Waals surface area contributed by atoms with Crippen molar-refractivity contribution in [1.29, 1.82) is 0 Å². The molecule has 0 radical (unpaired) electrons. The lowest BCUT2D eigenvalue weighted by atomic mass is 10.3. The zero-order valence-corrected chi connectivity index (χ0v) is 15.9. The maximum atomic E-state index is 12.2. The number of aryl methyl sites for hydroxylation is 2. The van der Waals surface area contributed by atoms with E-state index in [4.69, 9.17) is 16.3 Å². The molecule has 0 unspecified atom stereocenters. The number of halogens is 1. The molecule has 0 atom stereocenters. The van der Waals surface area contributed by atoms with Crippen LogP contribution < -0.4 is 10.1 Å². The first-order valence-corrected chi connectivity index (χ1v) is 8.61. The third-order valence-corrected chi connectivity index (χ3v) is 4.21. The average Bonchev–Trinajstić information content (AvgIpc) is 2.79. The number of amides is 1. The minimum atomic E-state index is -0.0414. The first kappa shape index (κ1) is 19.3. The Labute approximate surface area is 153 Å². The van der Waals surface area contributed by atoms with E-state index in [0.29, 0.717) is 18.2 Å². The number of carbonyl (C=O) groups excluding carboxylic acids is 1. The monoisotopic (exact) mass is 364 g/mol. The Morgan fingerprint density at radius 3 is 2.60 bits per heavy atom. The second-order valence-corrected chi connectivity index (χ2v) is 6.55. The molecule has 0 saturated carbocycles. The number of rotatable bonds is 8. The van der Waals surface area contributed by atoms with Gasteiger partial charge >= 0.3 is 0 Å². The van der Waals surface area contributed by atoms with Crippen molar-refractivity contribution in [2.24, 2.45) is 7.05 Å². The van der Waals surface area contributed by atoms with Crippen LogP contribution in [0.4, 0.5) is 5.69 Å². The van der Waals surface area contributed by atoms with E-state index >= 15 is 0 Å². The molecule has 1 aromatic carbocycles. The highest BCUT2D eigenvalue weighted by atomic mass is 35.5. The van der Waals surface area contributed by atoms with Crippen LogP contribution in [-0.4, -0.2) is 47.3 Å². The molecule has 1 aromatic heterocycles. The molecule has 0 saturated heterocycles. The summed E-state index contributed by atoms with van der Waals surface area (Å²) in [6.07, 6.45) is 0.831. The van der Waals surface area contributed by atoms with Crippen LogP contribution in [0, 0.1) is 13.8 Å². The number of nitrogens with zero attached hydrogens (tertiary/aromatic N) is 3. The lowest BCUT2D eigenvalue weighted by Crippen LogP contribution is -2.31. The van der Waals surface area contributed by atoms with Crippen LogP contribution in [0.1, 0.15) is 17.8 Å². The number of aromatic nitrogens is 2. The number of benzene rings is 1. The van der Waals surface area contributed by atoms with E-state index < -0.39 is 0 Å². The Morgan fingerprint density at radius 1 is 1.32 bits per heavy atom. The molecular formula is C18H25ClN4O2. The van der Waals surface area contributed by atoms with E-state index in [1.54, 1.807) is 16.8 Å². The number of hydrogen-bond donors (Lipinski definition) is 1. The van der Waals surface area contributed by atoms with Crippen LogP contribution in [0.25, 0.3) is 0 Å². The summed E-state index contributed by atoms with van der Waals surface area (Å²) in [6.45, 7) is 5.52. The van der Waals surface area contributed by atoms with Crippen molar-refractivity contribution in [3.63, 3.8) is 0 Å². The molecule has 0 bridgehead atoms. The lowest BCUT2D eigenvalue weighted by molar-refractivity contribution is -0.117. The summed E-state index contributed by atoms with van der Waals surface area (Å²) in [5.41, 5.74) is 2.57. The van der Waals surface area contributed by atoms with Gasteiger partial charge in [0.1, 0.15) is 5.75 Å². The number of likely N-dealkylation sites (N-methyl/N-ethyl adjacent to an activating group) is 1. The van der Waals surface area contributed by atoms with E-state index in [1.165, 1.54) is 0 Å². The normalized spacial score (nSPS) is 11.0. The fraction of sp³-hybridized carbons (Fsp3) is 0.444. The van der Waals surface area contributed by atoms with Crippen LogP contribution in [-0.2, 0) is 11.8 Å². The molecule has 2 rings (SSSR count). The highest BCUT2D eigenvalue weighted by molar-refractivity contribution is 6.30. The number of anilines is 1. The minimum absolute atomic E-state index is 0.0414. The minimum Gasteiger partial charge on any atom is -0.494 e. The summed E-state index contributed by atoms with van der Waals surface area (Å²) < 4.78 is 7.42. The molecule has 0 aliphatic rings. The second-order valence-electron chi connectivity index (χ2n) is 6.11. The molecule has 7 heteroatoms. The molecule has 136 valence electrons. The van der Waals surface area contributed by atoms with Gasteiger partial charge in [-0.25, -0.2) is 0 Å². The maximum Gasteiger partial charge on any atom is 0.238 e. The molecule has 6 nitrogen and oxygen atoms in total. The van der Waals surface area contributed by atoms with Gasteiger partial charge in [0.2, 0.25) is 5.91 Å².